The lowest BCUT2D eigenvalue weighted by molar-refractivity contribution is -0.121. The van der Waals surface area contributed by atoms with Crippen LogP contribution < -0.4 is 4.90 Å². The summed E-state index contributed by atoms with van der Waals surface area (Å²) in [6.45, 7) is 5.87. The van der Waals surface area contributed by atoms with Gasteiger partial charge in [-0.15, -0.1) is 0 Å². The van der Waals surface area contributed by atoms with Crippen molar-refractivity contribution in [2.45, 2.75) is 26.2 Å². The van der Waals surface area contributed by atoms with E-state index in [0.717, 1.165) is 28.1 Å². The Labute approximate surface area is 146 Å². The van der Waals surface area contributed by atoms with Gasteiger partial charge in [0.2, 0.25) is 11.9 Å². The Morgan fingerprint density at radius 1 is 1.08 bits per heavy atom. The SMILES string of the molecule is Cc1cnc(-n2cnc(-c3ccc4c(c3)N(C)C(=O)C4(C)C)c2)nc1. The summed E-state index contributed by atoms with van der Waals surface area (Å²) in [5, 5.41) is 0. The molecule has 0 fully saturated rings. The van der Waals surface area contributed by atoms with Crippen LogP contribution in [-0.4, -0.2) is 32.5 Å². The summed E-state index contributed by atoms with van der Waals surface area (Å²) < 4.78 is 1.79. The molecule has 0 bridgehead atoms. The Morgan fingerprint density at radius 3 is 2.52 bits per heavy atom. The molecule has 25 heavy (non-hydrogen) atoms. The Morgan fingerprint density at radius 2 is 1.80 bits per heavy atom. The van der Waals surface area contributed by atoms with Crippen molar-refractivity contribution in [3.63, 3.8) is 0 Å². The number of nitrogens with zero attached hydrogens (tertiary/aromatic N) is 5. The van der Waals surface area contributed by atoms with Crippen LogP contribution in [0.4, 0.5) is 5.69 Å². The Balaban J connectivity index is 1.73. The van der Waals surface area contributed by atoms with Crippen LogP contribution in [0.1, 0.15) is 25.0 Å². The molecule has 0 unspecified atom stereocenters. The zero-order valence-electron chi connectivity index (χ0n) is 14.7. The molecule has 0 saturated carbocycles. The minimum Gasteiger partial charge on any atom is -0.314 e. The van der Waals surface area contributed by atoms with Gasteiger partial charge in [0.1, 0.15) is 6.33 Å². The van der Waals surface area contributed by atoms with E-state index in [1.807, 2.05) is 52.2 Å². The second kappa shape index (κ2) is 5.24. The van der Waals surface area contributed by atoms with Gasteiger partial charge in [0.05, 0.1) is 11.1 Å². The first-order valence-electron chi connectivity index (χ1n) is 8.14. The quantitative estimate of drug-likeness (QED) is 0.723. The molecule has 3 aromatic rings. The molecule has 0 saturated heterocycles. The molecule has 3 heterocycles. The highest BCUT2D eigenvalue weighted by Crippen LogP contribution is 2.42. The summed E-state index contributed by atoms with van der Waals surface area (Å²) in [6.07, 6.45) is 7.15. The number of hydrogen-bond donors (Lipinski definition) is 0. The largest absolute Gasteiger partial charge is 0.314 e. The van der Waals surface area contributed by atoms with Crippen LogP contribution in [0.15, 0.2) is 43.1 Å². The summed E-state index contributed by atoms with van der Waals surface area (Å²) >= 11 is 0. The zero-order valence-corrected chi connectivity index (χ0v) is 14.7. The summed E-state index contributed by atoms with van der Waals surface area (Å²) in [6, 6.07) is 6.05. The molecule has 4 rings (SSSR count). The van der Waals surface area contributed by atoms with Gasteiger partial charge < -0.3 is 4.90 Å². The Hall–Kier alpha value is -3.02. The summed E-state index contributed by atoms with van der Waals surface area (Å²) in [5.41, 5.74) is 4.29. The molecule has 6 heteroatoms. The van der Waals surface area contributed by atoms with Gasteiger partial charge >= 0.3 is 0 Å². The fourth-order valence-corrected chi connectivity index (χ4v) is 3.24. The second-order valence-corrected chi connectivity index (χ2v) is 6.95. The molecule has 6 nitrogen and oxygen atoms in total. The van der Waals surface area contributed by atoms with Gasteiger partial charge in [0.15, 0.2) is 0 Å². The number of carbonyl (C=O) groups is 1. The Kier molecular flexibility index (Phi) is 3.25. The molecule has 126 valence electrons. The number of carbonyl (C=O) groups excluding carboxylic acids is 1. The summed E-state index contributed by atoms with van der Waals surface area (Å²) in [7, 11) is 1.82. The van der Waals surface area contributed by atoms with Gasteiger partial charge in [-0.25, -0.2) is 15.0 Å². The second-order valence-electron chi connectivity index (χ2n) is 6.95. The number of likely N-dealkylation sites (N-methyl/N-ethyl adjacent to an activating group) is 1. The molecule has 0 spiro atoms. The average Bonchev–Trinajstić information content (AvgIpc) is 3.15. The molecular weight excluding hydrogens is 314 g/mol. The van der Waals surface area contributed by atoms with Gasteiger partial charge in [0.25, 0.3) is 0 Å². The summed E-state index contributed by atoms with van der Waals surface area (Å²) in [4.78, 5) is 27.3. The molecule has 0 aliphatic carbocycles. The third kappa shape index (κ3) is 2.33. The molecule has 0 N–H and O–H groups in total. The highest BCUT2D eigenvalue weighted by Gasteiger charge is 2.42. The van der Waals surface area contributed by atoms with E-state index in [4.69, 9.17) is 0 Å². The number of amides is 1. The van der Waals surface area contributed by atoms with E-state index in [1.165, 1.54) is 0 Å². The van der Waals surface area contributed by atoms with Gasteiger partial charge in [-0.2, -0.15) is 0 Å². The van der Waals surface area contributed by atoms with E-state index in [1.54, 1.807) is 28.2 Å². The maximum absolute atomic E-state index is 12.4. The van der Waals surface area contributed by atoms with E-state index in [2.05, 4.69) is 15.0 Å². The number of anilines is 1. The van der Waals surface area contributed by atoms with Crippen molar-refractivity contribution in [3.05, 3.63) is 54.2 Å². The average molecular weight is 333 g/mol. The van der Waals surface area contributed by atoms with Crippen LogP contribution in [0, 0.1) is 6.92 Å². The number of fused-ring (bicyclic) bond motifs is 1. The lowest BCUT2D eigenvalue weighted by Crippen LogP contribution is -2.33. The number of imidazole rings is 1. The van der Waals surface area contributed by atoms with Crippen molar-refractivity contribution in [1.82, 2.24) is 19.5 Å². The van der Waals surface area contributed by atoms with Crippen LogP contribution in [0.5, 0.6) is 0 Å². The third-order valence-electron chi connectivity index (χ3n) is 4.75. The third-order valence-corrected chi connectivity index (χ3v) is 4.75. The van der Waals surface area contributed by atoms with E-state index in [-0.39, 0.29) is 5.91 Å². The molecule has 1 aliphatic rings. The normalized spacial score (nSPS) is 15.5. The lowest BCUT2D eigenvalue weighted by atomic mass is 9.86. The number of aromatic nitrogens is 4. The van der Waals surface area contributed by atoms with E-state index < -0.39 is 5.41 Å². The number of aryl methyl sites for hydroxylation is 1. The maximum atomic E-state index is 12.4. The fraction of sp³-hybridized carbons (Fsp3) is 0.263. The smallest absolute Gasteiger partial charge is 0.236 e. The van der Waals surface area contributed by atoms with Crippen molar-refractivity contribution in [1.29, 1.82) is 0 Å². The minimum atomic E-state index is -0.488. The predicted octanol–water partition coefficient (Wildman–Crippen LogP) is 2.89. The first kappa shape index (κ1) is 15.5. The van der Waals surface area contributed by atoms with Crippen molar-refractivity contribution >= 4 is 11.6 Å². The molecule has 1 amide bonds. The topological polar surface area (TPSA) is 63.9 Å². The number of hydrogen-bond acceptors (Lipinski definition) is 4. The van der Waals surface area contributed by atoms with E-state index in [0.29, 0.717) is 5.95 Å². The zero-order chi connectivity index (χ0) is 17.8. The number of benzene rings is 1. The molecule has 2 aromatic heterocycles. The van der Waals surface area contributed by atoms with E-state index in [9.17, 15) is 4.79 Å². The van der Waals surface area contributed by atoms with Crippen molar-refractivity contribution in [2.24, 2.45) is 0 Å². The van der Waals surface area contributed by atoms with Crippen molar-refractivity contribution < 1.29 is 4.79 Å². The number of rotatable bonds is 2. The monoisotopic (exact) mass is 333 g/mol. The van der Waals surface area contributed by atoms with Crippen molar-refractivity contribution in [2.75, 3.05) is 11.9 Å². The highest BCUT2D eigenvalue weighted by atomic mass is 16.2. The standard InChI is InChI=1S/C19H19N5O/c1-12-8-20-18(21-9-12)24-10-15(22-11-24)13-5-6-14-16(7-13)23(4)17(25)19(14,2)3/h5-11H,1-4H3. The highest BCUT2D eigenvalue weighted by molar-refractivity contribution is 6.07. The molecule has 1 aromatic carbocycles. The first-order chi connectivity index (χ1) is 11.9. The van der Waals surface area contributed by atoms with E-state index >= 15 is 0 Å². The van der Waals surface area contributed by atoms with Crippen LogP contribution in [0.25, 0.3) is 17.2 Å². The first-order valence-corrected chi connectivity index (χ1v) is 8.14. The molecule has 0 radical (unpaired) electrons. The Bertz CT molecular complexity index is 972. The minimum absolute atomic E-state index is 0.109. The molecule has 0 atom stereocenters. The van der Waals surface area contributed by atoms with Gasteiger partial charge in [-0.05, 0) is 38.0 Å². The summed E-state index contributed by atoms with van der Waals surface area (Å²) in [5.74, 6) is 0.692. The van der Waals surface area contributed by atoms with Crippen LogP contribution in [0.2, 0.25) is 0 Å². The van der Waals surface area contributed by atoms with Crippen LogP contribution >= 0.6 is 0 Å². The molecule has 1 aliphatic heterocycles. The van der Waals surface area contributed by atoms with Gasteiger partial charge in [-0.3, -0.25) is 9.36 Å². The maximum Gasteiger partial charge on any atom is 0.236 e. The predicted molar refractivity (Wildman–Crippen MR) is 95.8 cm³/mol. The van der Waals surface area contributed by atoms with Crippen molar-refractivity contribution in [3.8, 4) is 17.2 Å². The fourth-order valence-electron chi connectivity index (χ4n) is 3.24. The molecular formula is C19H19N5O. The lowest BCUT2D eigenvalue weighted by Gasteiger charge is -2.16. The van der Waals surface area contributed by atoms with Gasteiger partial charge in [-0.1, -0.05) is 12.1 Å². The van der Waals surface area contributed by atoms with Crippen LogP contribution in [0.3, 0.4) is 0 Å². The van der Waals surface area contributed by atoms with Crippen LogP contribution in [-0.2, 0) is 10.2 Å². The van der Waals surface area contributed by atoms with Gasteiger partial charge in [0, 0.05) is 36.9 Å².